The Labute approximate surface area is 224 Å². The maximum Gasteiger partial charge on any atom is 0.163 e. The van der Waals surface area contributed by atoms with Crippen molar-refractivity contribution < 1.29 is 14.2 Å². The Balaban J connectivity index is 1.36. The average Bonchev–Trinajstić information content (AvgIpc) is 3.47. The van der Waals surface area contributed by atoms with Crippen LogP contribution < -0.4 is 4.90 Å². The van der Waals surface area contributed by atoms with Crippen LogP contribution in [-0.2, 0) is 20.8 Å². The minimum atomic E-state index is -0.573. The predicted molar refractivity (Wildman–Crippen MR) is 154 cm³/mol. The molecule has 1 aliphatic heterocycles. The van der Waals surface area contributed by atoms with E-state index in [4.69, 9.17) is 14.2 Å². The first-order valence-electron chi connectivity index (χ1n) is 13.3. The lowest BCUT2D eigenvalue weighted by molar-refractivity contribution is -0.147. The summed E-state index contributed by atoms with van der Waals surface area (Å²) in [5.74, 6) is -0.573. The first-order valence-corrected chi connectivity index (χ1v) is 13.3. The van der Waals surface area contributed by atoms with Gasteiger partial charge < -0.3 is 23.7 Å². The molecule has 2 atom stereocenters. The van der Waals surface area contributed by atoms with Gasteiger partial charge in [0.15, 0.2) is 5.79 Å². The van der Waals surface area contributed by atoms with Gasteiger partial charge in [-0.25, -0.2) is 0 Å². The second-order valence-electron chi connectivity index (χ2n) is 10.3. The quantitative estimate of drug-likeness (QED) is 0.212. The third kappa shape index (κ3) is 5.18. The molecule has 5 nitrogen and oxygen atoms in total. The van der Waals surface area contributed by atoms with Gasteiger partial charge in [0.1, 0.15) is 6.10 Å². The van der Waals surface area contributed by atoms with Crippen molar-refractivity contribution in [3.8, 4) is 0 Å². The third-order valence-corrected chi connectivity index (χ3v) is 7.17. The molecule has 0 bridgehead atoms. The molecule has 0 aliphatic carbocycles. The molecule has 1 aromatic heterocycles. The highest BCUT2D eigenvalue weighted by Gasteiger charge is 2.33. The zero-order valence-electron chi connectivity index (χ0n) is 22.0. The number of hydrogen-bond acceptors (Lipinski definition) is 4. The highest BCUT2D eigenvalue weighted by Crippen LogP contribution is 2.31. The van der Waals surface area contributed by atoms with Crippen LogP contribution in [-0.4, -0.2) is 42.3 Å². The van der Waals surface area contributed by atoms with Gasteiger partial charge in [0.25, 0.3) is 0 Å². The smallest absolute Gasteiger partial charge is 0.163 e. The van der Waals surface area contributed by atoms with E-state index >= 15 is 0 Å². The van der Waals surface area contributed by atoms with E-state index in [1.165, 1.54) is 21.8 Å². The summed E-state index contributed by atoms with van der Waals surface area (Å²) in [6.45, 7) is 6.32. The molecule has 194 valence electrons. The van der Waals surface area contributed by atoms with Crippen molar-refractivity contribution in [1.29, 1.82) is 0 Å². The zero-order chi connectivity index (χ0) is 26.0. The van der Waals surface area contributed by atoms with Gasteiger partial charge in [0, 0.05) is 33.2 Å². The van der Waals surface area contributed by atoms with Crippen LogP contribution in [0.2, 0.25) is 0 Å². The maximum atomic E-state index is 6.70. The van der Waals surface area contributed by atoms with Crippen molar-refractivity contribution in [1.82, 2.24) is 4.57 Å². The molecule has 0 amide bonds. The van der Waals surface area contributed by atoms with Crippen LogP contribution in [0, 0.1) is 0 Å². The molecule has 5 aromatic rings. The van der Waals surface area contributed by atoms with E-state index in [0.717, 1.165) is 11.4 Å². The van der Waals surface area contributed by atoms with Gasteiger partial charge in [0.2, 0.25) is 0 Å². The monoisotopic (exact) mass is 506 g/mol. The predicted octanol–water partition coefficient (Wildman–Crippen LogP) is 7.17. The van der Waals surface area contributed by atoms with Gasteiger partial charge >= 0.3 is 0 Å². The summed E-state index contributed by atoms with van der Waals surface area (Å²) in [5, 5.41) is 2.53. The van der Waals surface area contributed by atoms with Crippen LogP contribution in [0.3, 0.4) is 0 Å². The lowest BCUT2D eigenvalue weighted by Gasteiger charge is -2.31. The number of benzene rings is 4. The molecular weight excluding hydrogens is 472 g/mol. The van der Waals surface area contributed by atoms with Crippen LogP contribution in [0.25, 0.3) is 21.8 Å². The Morgan fingerprint density at radius 2 is 1.32 bits per heavy atom. The summed E-state index contributed by atoms with van der Waals surface area (Å²) in [6, 6.07) is 38.3. The second kappa shape index (κ2) is 10.6. The molecule has 0 saturated carbocycles. The number of rotatable bonds is 9. The molecule has 5 heteroatoms. The Kier molecular flexibility index (Phi) is 6.90. The molecule has 0 radical (unpaired) electrons. The van der Waals surface area contributed by atoms with Crippen molar-refractivity contribution in [3.05, 3.63) is 109 Å². The number of nitrogens with zero attached hydrogens (tertiary/aromatic N) is 2. The maximum absolute atomic E-state index is 6.70. The van der Waals surface area contributed by atoms with Crippen molar-refractivity contribution in [2.45, 2.75) is 38.4 Å². The first-order chi connectivity index (χ1) is 18.6. The molecule has 0 N–H and O–H groups in total. The molecule has 6 rings (SSSR count). The average molecular weight is 507 g/mol. The zero-order valence-corrected chi connectivity index (χ0v) is 22.0. The Morgan fingerprint density at radius 1 is 0.789 bits per heavy atom. The van der Waals surface area contributed by atoms with Crippen molar-refractivity contribution in [2.75, 3.05) is 24.7 Å². The molecule has 4 aromatic carbocycles. The summed E-state index contributed by atoms with van der Waals surface area (Å²) in [6.07, 6.45) is -0.200. The fourth-order valence-corrected chi connectivity index (χ4v) is 5.43. The molecule has 1 aliphatic rings. The van der Waals surface area contributed by atoms with E-state index in [9.17, 15) is 0 Å². The summed E-state index contributed by atoms with van der Waals surface area (Å²) >= 11 is 0. The number of ether oxygens (including phenoxy) is 3. The van der Waals surface area contributed by atoms with Crippen molar-refractivity contribution >= 4 is 33.2 Å². The van der Waals surface area contributed by atoms with Crippen LogP contribution in [0.4, 0.5) is 11.4 Å². The molecule has 1 saturated heterocycles. The van der Waals surface area contributed by atoms with Crippen LogP contribution in [0.5, 0.6) is 0 Å². The van der Waals surface area contributed by atoms with Gasteiger partial charge in [-0.2, -0.15) is 0 Å². The number of anilines is 2. The van der Waals surface area contributed by atoms with E-state index in [1.54, 1.807) is 0 Å². The van der Waals surface area contributed by atoms with Crippen molar-refractivity contribution in [2.24, 2.45) is 0 Å². The van der Waals surface area contributed by atoms with Gasteiger partial charge in [0.05, 0.1) is 32.4 Å². The van der Waals surface area contributed by atoms with Gasteiger partial charge in [-0.3, -0.25) is 0 Å². The minimum Gasteiger partial charge on any atom is -0.372 e. The van der Waals surface area contributed by atoms with Crippen LogP contribution >= 0.6 is 0 Å². The van der Waals surface area contributed by atoms with E-state index < -0.39 is 5.79 Å². The third-order valence-electron chi connectivity index (χ3n) is 7.17. The standard InChI is InChI=1S/C33H34N2O3/c1-33(2)37-24-28(38-33)23-36-27(21-34(25-13-5-3-6-14-25)26-15-7-4-8-16-26)22-35-31-19-11-9-17-29(31)30-18-10-12-20-32(30)35/h3-20,27-28H,21-24H2,1-2H3/t27-,28+/m0/s1. The summed E-state index contributed by atoms with van der Waals surface area (Å²) in [7, 11) is 0. The topological polar surface area (TPSA) is 35.9 Å². The second-order valence-corrected chi connectivity index (χ2v) is 10.3. The number of fused-ring (bicyclic) bond motifs is 3. The number of para-hydroxylation sites is 4. The highest BCUT2D eigenvalue weighted by molar-refractivity contribution is 6.07. The SMILES string of the molecule is CC1(C)OC[C@@H](CO[C@@H](CN(c2ccccc2)c2ccccc2)Cn2c3ccccc3c3ccccc32)O1. The first kappa shape index (κ1) is 24.7. The highest BCUT2D eigenvalue weighted by atomic mass is 16.7. The van der Waals surface area contributed by atoms with Crippen LogP contribution in [0.15, 0.2) is 109 Å². The Morgan fingerprint density at radius 3 is 1.84 bits per heavy atom. The Hall–Kier alpha value is -3.64. The summed E-state index contributed by atoms with van der Waals surface area (Å²) in [5.41, 5.74) is 4.71. The molecular formula is C33H34N2O3. The fraction of sp³-hybridized carbons (Fsp3) is 0.273. The minimum absolute atomic E-state index is 0.0902. The number of hydrogen-bond donors (Lipinski definition) is 0. The largest absolute Gasteiger partial charge is 0.372 e. The lowest BCUT2D eigenvalue weighted by atomic mass is 10.2. The molecule has 0 spiro atoms. The summed E-state index contributed by atoms with van der Waals surface area (Å²) < 4.78 is 21.0. The summed E-state index contributed by atoms with van der Waals surface area (Å²) in [4.78, 5) is 2.34. The lowest BCUT2D eigenvalue weighted by Crippen LogP contribution is -2.36. The van der Waals surface area contributed by atoms with Crippen LogP contribution in [0.1, 0.15) is 13.8 Å². The molecule has 1 fully saturated rings. The molecule has 38 heavy (non-hydrogen) atoms. The van der Waals surface area contributed by atoms with E-state index in [-0.39, 0.29) is 12.2 Å². The fourth-order valence-electron chi connectivity index (χ4n) is 5.43. The van der Waals surface area contributed by atoms with Gasteiger partial charge in [-0.15, -0.1) is 0 Å². The van der Waals surface area contributed by atoms with E-state index in [2.05, 4.69) is 119 Å². The molecule has 0 unspecified atom stereocenters. The van der Waals surface area contributed by atoms with E-state index in [1.807, 2.05) is 13.8 Å². The van der Waals surface area contributed by atoms with Gasteiger partial charge in [-0.05, 0) is 50.2 Å². The van der Waals surface area contributed by atoms with E-state index in [0.29, 0.717) is 26.3 Å². The molecule has 2 heterocycles. The Bertz CT molecular complexity index is 1400. The van der Waals surface area contributed by atoms with Crippen molar-refractivity contribution in [3.63, 3.8) is 0 Å². The van der Waals surface area contributed by atoms with Gasteiger partial charge in [-0.1, -0.05) is 72.8 Å². The number of aromatic nitrogens is 1. The normalized spacial score (nSPS) is 17.7.